The number of halogens is 1. The van der Waals surface area contributed by atoms with Crippen LogP contribution in [0.25, 0.3) is 11.3 Å². The molecule has 0 aliphatic carbocycles. The maximum atomic E-state index is 13.3. The SMILES string of the molecule is Cc1ccc(-c2cnc(SCC(=O)Nc3ccc(F)c(C)c3)o2)cc1C. The number of hydrogen-bond acceptors (Lipinski definition) is 4. The van der Waals surface area contributed by atoms with Crippen molar-refractivity contribution in [1.29, 1.82) is 0 Å². The molecular weight excluding hydrogens is 351 g/mol. The quantitative estimate of drug-likeness (QED) is 0.632. The zero-order valence-corrected chi connectivity index (χ0v) is 15.6. The molecule has 0 saturated heterocycles. The summed E-state index contributed by atoms with van der Waals surface area (Å²) in [6.45, 7) is 5.76. The fourth-order valence-electron chi connectivity index (χ4n) is 2.40. The van der Waals surface area contributed by atoms with E-state index < -0.39 is 0 Å². The Morgan fingerprint density at radius 1 is 1.12 bits per heavy atom. The van der Waals surface area contributed by atoms with Crippen molar-refractivity contribution in [3.05, 3.63) is 65.1 Å². The van der Waals surface area contributed by atoms with Crippen molar-refractivity contribution in [2.75, 3.05) is 11.1 Å². The predicted octanol–water partition coefficient (Wildman–Crippen LogP) is 5.14. The van der Waals surface area contributed by atoms with Gasteiger partial charge in [0.1, 0.15) is 5.82 Å². The van der Waals surface area contributed by atoms with Crippen LogP contribution in [0.2, 0.25) is 0 Å². The second-order valence-corrected chi connectivity index (χ2v) is 7.02. The van der Waals surface area contributed by atoms with Crippen LogP contribution in [0.1, 0.15) is 16.7 Å². The second-order valence-electron chi connectivity index (χ2n) is 6.09. The number of carbonyl (C=O) groups is 1. The van der Waals surface area contributed by atoms with E-state index in [2.05, 4.69) is 17.2 Å². The molecule has 1 heterocycles. The van der Waals surface area contributed by atoms with Crippen LogP contribution < -0.4 is 5.32 Å². The predicted molar refractivity (Wildman–Crippen MR) is 102 cm³/mol. The molecule has 0 aliphatic rings. The Labute approximate surface area is 155 Å². The van der Waals surface area contributed by atoms with Crippen molar-refractivity contribution in [3.8, 4) is 11.3 Å². The van der Waals surface area contributed by atoms with E-state index in [1.54, 1.807) is 19.2 Å². The lowest BCUT2D eigenvalue weighted by Crippen LogP contribution is -2.14. The lowest BCUT2D eigenvalue weighted by atomic mass is 10.1. The van der Waals surface area contributed by atoms with Gasteiger partial charge in [0.15, 0.2) is 5.76 Å². The number of aromatic nitrogens is 1. The minimum atomic E-state index is -0.295. The topological polar surface area (TPSA) is 55.1 Å². The van der Waals surface area contributed by atoms with Crippen LogP contribution in [-0.4, -0.2) is 16.6 Å². The maximum absolute atomic E-state index is 13.3. The first-order valence-electron chi connectivity index (χ1n) is 8.14. The molecule has 0 aliphatic heterocycles. The van der Waals surface area contributed by atoms with Crippen LogP contribution >= 0.6 is 11.8 Å². The Morgan fingerprint density at radius 3 is 2.65 bits per heavy atom. The number of hydrogen-bond donors (Lipinski definition) is 1. The van der Waals surface area contributed by atoms with Gasteiger partial charge in [0.25, 0.3) is 5.22 Å². The lowest BCUT2D eigenvalue weighted by Gasteiger charge is -2.05. The first-order chi connectivity index (χ1) is 12.4. The molecule has 0 fully saturated rings. The average Bonchev–Trinajstić information content (AvgIpc) is 3.08. The zero-order chi connectivity index (χ0) is 18.7. The first kappa shape index (κ1) is 18.2. The summed E-state index contributed by atoms with van der Waals surface area (Å²) in [5.41, 5.74) is 4.41. The number of thioether (sulfide) groups is 1. The van der Waals surface area contributed by atoms with Crippen molar-refractivity contribution in [2.24, 2.45) is 0 Å². The smallest absolute Gasteiger partial charge is 0.256 e. The van der Waals surface area contributed by atoms with Crippen molar-refractivity contribution >= 4 is 23.4 Å². The Kier molecular flexibility index (Phi) is 5.42. The van der Waals surface area contributed by atoms with E-state index in [9.17, 15) is 9.18 Å². The minimum absolute atomic E-state index is 0.156. The van der Waals surface area contributed by atoms with E-state index in [-0.39, 0.29) is 17.5 Å². The third-order valence-corrected chi connectivity index (χ3v) is 4.89. The largest absolute Gasteiger partial charge is 0.431 e. The number of oxazole rings is 1. The molecule has 3 rings (SSSR count). The van der Waals surface area contributed by atoms with Crippen molar-refractivity contribution < 1.29 is 13.6 Å². The number of rotatable bonds is 5. The van der Waals surface area contributed by atoms with E-state index in [1.165, 1.54) is 35.0 Å². The third-order valence-electron chi connectivity index (χ3n) is 4.04. The van der Waals surface area contributed by atoms with Crippen molar-refractivity contribution in [1.82, 2.24) is 4.98 Å². The van der Waals surface area contributed by atoms with Gasteiger partial charge in [-0.2, -0.15) is 0 Å². The summed E-state index contributed by atoms with van der Waals surface area (Å²) in [5, 5.41) is 3.17. The fourth-order valence-corrected chi connectivity index (χ4v) is 3.00. The van der Waals surface area contributed by atoms with Gasteiger partial charge in [0.2, 0.25) is 5.91 Å². The summed E-state index contributed by atoms with van der Waals surface area (Å²) in [4.78, 5) is 16.3. The van der Waals surface area contributed by atoms with Crippen LogP contribution in [-0.2, 0) is 4.79 Å². The zero-order valence-electron chi connectivity index (χ0n) is 14.8. The van der Waals surface area contributed by atoms with E-state index in [0.717, 1.165) is 5.56 Å². The van der Waals surface area contributed by atoms with Crippen molar-refractivity contribution in [3.63, 3.8) is 0 Å². The van der Waals surface area contributed by atoms with Gasteiger partial charge < -0.3 is 9.73 Å². The molecule has 0 saturated carbocycles. The van der Waals surface area contributed by atoms with Crippen LogP contribution in [0.3, 0.4) is 0 Å². The molecular formula is C20H19FN2O2S. The summed E-state index contributed by atoms with van der Waals surface area (Å²) in [7, 11) is 0. The highest BCUT2D eigenvalue weighted by molar-refractivity contribution is 7.99. The summed E-state index contributed by atoms with van der Waals surface area (Å²) in [6.07, 6.45) is 1.66. The molecule has 3 aromatic rings. The molecule has 4 nitrogen and oxygen atoms in total. The van der Waals surface area contributed by atoms with Gasteiger partial charge >= 0.3 is 0 Å². The van der Waals surface area contributed by atoms with Gasteiger partial charge in [-0.3, -0.25) is 4.79 Å². The summed E-state index contributed by atoms with van der Waals surface area (Å²) >= 11 is 1.21. The van der Waals surface area contributed by atoms with Gasteiger partial charge in [-0.15, -0.1) is 0 Å². The second kappa shape index (κ2) is 7.74. The number of benzene rings is 2. The maximum Gasteiger partial charge on any atom is 0.256 e. The lowest BCUT2D eigenvalue weighted by molar-refractivity contribution is -0.113. The standard InChI is InChI=1S/C20H19FN2O2S/c1-12-4-5-15(8-13(12)2)18-10-22-20(25-18)26-11-19(24)23-16-6-7-17(21)14(3)9-16/h4-10H,11H2,1-3H3,(H,23,24). The molecule has 26 heavy (non-hydrogen) atoms. The van der Waals surface area contributed by atoms with E-state index in [1.807, 2.05) is 25.1 Å². The number of carbonyl (C=O) groups excluding carboxylic acids is 1. The summed E-state index contributed by atoms with van der Waals surface area (Å²) in [6, 6.07) is 10.5. The number of nitrogens with one attached hydrogen (secondary N) is 1. The number of aryl methyl sites for hydroxylation is 3. The molecule has 0 atom stereocenters. The van der Waals surface area contributed by atoms with Crippen LogP contribution in [0.5, 0.6) is 0 Å². The Hall–Kier alpha value is -2.60. The van der Waals surface area contributed by atoms with E-state index in [0.29, 0.717) is 22.2 Å². The summed E-state index contributed by atoms with van der Waals surface area (Å²) in [5.74, 6) is 0.330. The average molecular weight is 370 g/mol. The Balaban J connectivity index is 1.59. The Bertz CT molecular complexity index is 953. The van der Waals surface area contributed by atoms with E-state index in [4.69, 9.17) is 4.42 Å². The van der Waals surface area contributed by atoms with Gasteiger partial charge in [0.05, 0.1) is 11.9 Å². The molecule has 134 valence electrons. The highest BCUT2D eigenvalue weighted by Gasteiger charge is 2.11. The monoisotopic (exact) mass is 370 g/mol. The van der Waals surface area contributed by atoms with Gasteiger partial charge in [-0.1, -0.05) is 23.9 Å². The molecule has 1 N–H and O–H groups in total. The van der Waals surface area contributed by atoms with Gasteiger partial charge in [0, 0.05) is 11.3 Å². The minimum Gasteiger partial charge on any atom is -0.431 e. The molecule has 0 radical (unpaired) electrons. The Morgan fingerprint density at radius 2 is 1.92 bits per heavy atom. The number of anilines is 1. The number of amides is 1. The fraction of sp³-hybridized carbons (Fsp3) is 0.200. The van der Waals surface area contributed by atoms with Crippen molar-refractivity contribution in [2.45, 2.75) is 26.0 Å². The molecule has 1 amide bonds. The normalized spacial score (nSPS) is 10.8. The molecule has 0 unspecified atom stereocenters. The van der Waals surface area contributed by atoms with Crippen LogP contribution in [0, 0.1) is 26.6 Å². The molecule has 6 heteroatoms. The molecule has 0 bridgehead atoms. The van der Waals surface area contributed by atoms with Gasteiger partial charge in [-0.25, -0.2) is 9.37 Å². The first-order valence-corrected chi connectivity index (χ1v) is 9.13. The van der Waals surface area contributed by atoms with Gasteiger partial charge in [-0.05, 0) is 61.7 Å². The van der Waals surface area contributed by atoms with Crippen LogP contribution in [0.4, 0.5) is 10.1 Å². The molecule has 2 aromatic carbocycles. The highest BCUT2D eigenvalue weighted by atomic mass is 32.2. The molecule has 0 spiro atoms. The number of nitrogens with zero attached hydrogens (tertiary/aromatic N) is 1. The third kappa shape index (κ3) is 4.32. The summed E-state index contributed by atoms with van der Waals surface area (Å²) < 4.78 is 19.0. The highest BCUT2D eigenvalue weighted by Crippen LogP contribution is 2.27. The van der Waals surface area contributed by atoms with Crippen LogP contribution in [0.15, 0.2) is 52.2 Å². The van der Waals surface area contributed by atoms with E-state index >= 15 is 0 Å². The molecule has 1 aromatic heterocycles.